The van der Waals surface area contributed by atoms with Crippen LogP contribution in [0.5, 0.6) is 11.5 Å². The maximum Gasteiger partial charge on any atom is 0.261 e. The molecule has 0 saturated heterocycles. The average molecular weight is 416 g/mol. The number of anilines is 1. The molecule has 3 aromatic carbocycles. The fourth-order valence-corrected chi connectivity index (χ4v) is 3.76. The zero-order valence-corrected chi connectivity index (χ0v) is 17.5. The highest BCUT2D eigenvalue weighted by molar-refractivity contribution is 7.92. The lowest BCUT2D eigenvalue weighted by Gasteiger charge is -2.19. The molecule has 0 heterocycles. The zero-order chi connectivity index (χ0) is 20.4. The van der Waals surface area contributed by atoms with Gasteiger partial charge in [0.2, 0.25) is 0 Å². The van der Waals surface area contributed by atoms with Crippen LogP contribution in [0.25, 0.3) is 0 Å². The summed E-state index contributed by atoms with van der Waals surface area (Å²) in [6, 6.07) is 20.7. The van der Waals surface area contributed by atoms with Gasteiger partial charge in [0, 0.05) is 10.7 Å². The Bertz CT molecular complexity index is 1040. The van der Waals surface area contributed by atoms with E-state index < -0.39 is 10.0 Å². The molecule has 4 nitrogen and oxygen atoms in total. The fraction of sp³-hybridized carbons (Fsp3) is 0.182. The molecule has 0 unspecified atom stereocenters. The summed E-state index contributed by atoms with van der Waals surface area (Å²) in [7, 11) is -3.66. The van der Waals surface area contributed by atoms with Crippen LogP contribution in [0.1, 0.15) is 26.3 Å². The van der Waals surface area contributed by atoms with E-state index in [1.54, 1.807) is 60.7 Å². The van der Waals surface area contributed by atoms with E-state index in [1.807, 2.05) is 12.1 Å². The van der Waals surface area contributed by atoms with Gasteiger partial charge in [-0.3, -0.25) is 4.72 Å². The van der Waals surface area contributed by atoms with Crippen molar-refractivity contribution in [3.05, 3.63) is 83.4 Å². The van der Waals surface area contributed by atoms with Crippen LogP contribution in [0.15, 0.2) is 77.7 Å². The summed E-state index contributed by atoms with van der Waals surface area (Å²) < 4.78 is 33.5. The van der Waals surface area contributed by atoms with Gasteiger partial charge >= 0.3 is 0 Å². The number of rotatable bonds is 5. The van der Waals surface area contributed by atoms with Crippen LogP contribution in [0.3, 0.4) is 0 Å². The highest BCUT2D eigenvalue weighted by Crippen LogP contribution is 2.26. The molecule has 0 bridgehead atoms. The molecule has 0 amide bonds. The van der Waals surface area contributed by atoms with Crippen molar-refractivity contribution in [3.8, 4) is 11.5 Å². The van der Waals surface area contributed by atoms with Gasteiger partial charge in [0.05, 0.1) is 4.90 Å². The van der Waals surface area contributed by atoms with Gasteiger partial charge in [-0.15, -0.1) is 0 Å². The molecule has 0 spiro atoms. The Morgan fingerprint density at radius 2 is 1.29 bits per heavy atom. The third kappa shape index (κ3) is 5.06. The smallest absolute Gasteiger partial charge is 0.261 e. The predicted octanol–water partition coefficient (Wildman–Crippen LogP) is 6.23. The first-order valence-electron chi connectivity index (χ1n) is 8.80. The Kier molecular flexibility index (Phi) is 5.68. The molecule has 0 fully saturated rings. The first-order valence-corrected chi connectivity index (χ1v) is 10.7. The van der Waals surface area contributed by atoms with E-state index in [-0.39, 0.29) is 10.3 Å². The van der Waals surface area contributed by atoms with E-state index in [9.17, 15) is 8.42 Å². The lowest BCUT2D eigenvalue weighted by molar-refractivity contribution is 0.483. The summed E-state index contributed by atoms with van der Waals surface area (Å²) in [5.41, 5.74) is 1.51. The summed E-state index contributed by atoms with van der Waals surface area (Å²) >= 11 is 5.86. The van der Waals surface area contributed by atoms with Gasteiger partial charge in [-0.05, 0) is 71.6 Å². The van der Waals surface area contributed by atoms with Gasteiger partial charge in [0.15, 0.2) is 0 Å². The number of halogens is 1. The minimum atomic E-state index is -3.66. The molecule has 6 heteroatoms. The average Bonchev–Trinajstić information content (AvgIpc) is 2.64. The van der Waals surface area contributed by atoms with E-state index in [1.165, 1.54) is 0 Å². The van der Waals surface area contributed by atoms with Crippen molar-refractivity contribution < 1.29 is 13.2 Å². The normalized spacial score (nSPS) is 11.9. The largest absolute Gasteiger partial charge is 0.457 e. The van der Waals surface area contributed by atoms with Crippen LogP contribution in [0.2, 0.25) is 5.02 Å². The van der Waals surface area contributed by atoms with Crippen molar-refractivity contribution in [2.75, 3.05) is 4.72 Å². The third-order valence-corrected chi connectivity index (χ3v) is 5.84. The van der Waals surface area contributed by atoms with Crippen LogP contribution in [-0.4, -0.2) is 8.42 Å². The van der Waals surface area contributed by atoms with Crippen LogP contribution >= 0.6 is 11.6 Å². The minimum absolute atomic E-state index is 0.0321. The van der Waals surface area contributed by atoms with Gasteiger partial charge < -0.3 is 4.74 Å². The number of benzene rings is 3. The molecular formula is C22H22ClNO3S. The number of ether oxygens (including phenoxy) is 1. The summed E-state index contributed by atoms with van der Waals surface area (Å²) in [4.78, 5) is 0.224. The number of hydrogen-bond donors (Lipinski definition) is 1. The van der Waals surface area contributed by atoms with Gasteiger partial charge in [-0.25, -0.2) is 8.42 Å². The van der Waals surface area contributed by atoms with Crippen LogP contribution < -0.4 is 9.46 Å². The summed E-state index contributed by atoms with van der Waals surface area (Å²) in [6.45, 7) is 6.26. The first-order chi connectivity index (χ1) is 13.1. The maximum atomic E-state index is 12.6. The van der Waals surface area contributed by atoms with Gasteiger partial charge in [0.25, 0.3) is 10.0 Å². The molecule has 146 valence electrons. The van der Waals surface area contributed by atoms with Crippen LogP contribution in [0, 0.1) is 0 Å². The lowest BCUT2D eigenvalue weighted by atomic mass is 9.87. The monoisotopic (exact) mass is 415 g/mol. The highest BCUT2D eigenvalue weighted by atomic mass is 35.5. The highest BCUT2D eigenvalue weighted by Gasteiger charge is 2.17. The molecule has 3 rings (SSSR count). The number of sulfonamides is 1. The third-order valence-electron chi connectivity index (χ3n) is 4.19. The molecule has 0 aliphatic carbocycles. The van der Waals surface area contributed by atoms with Crippen molar-refractivity contribution in [3.63, 3.8) is 0 Å². The van der Waals surface area contributed by atoms with Gasteiger partial charge in [-0.2, -0.15) is 0 Å². The summed E-state index contributed by atoms with van der Waals surface area (Å²) in [5, 5.41) is 0.632. The molecule has 0 aliphatic rings. The fourth-order valence-electron chi connectivity index (χ4n) is 2.58. The van der Waals surface area contributed by atoms with Gasteiger partial charge in [0.1, 0.15) is 11.5 Å². The molecule has 0 saturated carbocycles. The molecule has 0 atom stereocenters. The molecule has 0 aliphatic heterocycles. The Morgan fingerprint density at radius 3 is 1.79 bits per heavy atom. The van der Waals surface area contributed by atoms with E-state index in [4.69, 9.17) is 16.3 Å². The Labute approximate surface area is 171 Å². The second-order valence-corrected chi connectivity index (χ2v) is 9.58. The van der Waals surface area contributed by atoms with E-state index >= 15 is 0 Å². The van der Waals surface area contributed by atoms with Crippen molar-refractivity contribution in [1.82, 2.24) is 0 Å². The first kappa shape index (κ1) is 20.2. The van der Waals surface area contributed by atoms with Crippen molar-refractivity contribution in [2.45, 2.75) is 31.1 Å². The Morgan fingerprint density at radius 1 is 0.786 bits per heavy atom. The van der Waals surface area contributed by atoms with Crippen molar-refractivity contribution in [2.24, 2.45) is 0 Å². The molecule has 0 radical (unpaired) electrons. The SMILES string of the molecule is CC(C)(C)c1ccc(S(=O)(=O)Nc2ccc(Oc3ccc(Cl)cc3)cc2)cc1. The standard InChI is InChI=1S/C22H22ClNO3S/c1-22(2,3)16-4-14-21(15-5-16)28(25,26)24-18-8-12-20(13-9-18)27-19-10-6-17(23)7-11-19/h4-15,24H,1-3H3. The minimum Gasteiger partial charge on any atom is -0.457 e. The number of nitrogens with one attached hydrogen (secondary N) is 1. The van der Waals surface area contributed by atoms with Crippen LogP contribution in [0.4, 0.5) is 5.69 Å². The molecule has 1 N–H and O–H groups in total. The predicted molar refractivity (Wildman–Crippen MR) is 114 cm³/mol. The van der Waals surface area contributed by atoms with Crippen molar-refractivity contribution in [1.29, 1.82) is 0 Å². The van der Waals surface area contributed by atoms with E-state index in [0.29, 0.717) is 22.2 Å². The lowest BCUT2D eigenvalue weighted by Crippen LogP contribution is -2.14. The molecular weight excluding hydrogens is 394 g/mol. The topological polar surface area (TPSA) is 55.4 Å². The Balaban J connectivity index is 1.71. The summed E-state index contributed by atoms with van der Waals surface area (Å²) in [5.74, 6) is 1.25. The molecule has 28 heavy (non-hydrogen) atoms. The van der Waals surface area contributed by atoms with Crippen molar-refractivity contribution >= 4 is 27.3 Å². The van der Waals surface area contributed by atoms with Gasteiger partial charge in [-0.1, -0.05) is 44.5 Å². The second-order valence-electron chi connectivity index (χ2n) is 7.46. The quantitative estimate of drug-likeness (QED) is 0.537. The Hall–Kier alpha value is -2.50. The molecule has 3 aromatic rings. The van der Waals surface area contributed by atoms with E-state index in [0.717, 1.165) is 5.56 Å². The zero-order valence-electron chi connectivity index (χ0n) is 15.9. The summed E-state index contributed by atoms with van der Waals surface area (Å²) in [6.07, 6.45) is 0. The molecule has 0 aromatic heterocycles. The second kappa shape index (κ2) is 7.86. The van der Waals surface area contributed by atoms with Crippen LogP contribution in [-0.2, 0) is 15.4 Å². The number of hydrogen-bond acceptors (Lipinski definition) is 3. The maximum absolute atomic E-state index is 12.6. The van der Waals surface area contributed by atoms with E-state index in [2.05, 4.69) is 25.5 Å².